The highest BCUT2D eigenvalue weighted by molar-refractivity contribution is 5.39. The fourth-order valence-corrected chi connectivity index (χ4v) is 1.92. The summed E-state index contributed by atoms with van der Waals surface area (Å²) in [5.74, 6) is 0.978. The highest BCUT2D eigenvalue weighted by Gasteiger charge is 2.24. The molecule has 82 valence electrons. The minimum atomic E-state index is 0.226. The first kappa shape index (κ1) is 10.5. The third-order valence-corrected chi connectivity index (χ3v) is 2.75. The van der Waals surface area contributed by atoms with Crippen LogP contribution in [0.25, 0.3) is 0 Å². The van der Waals surface area contributed by atoms with Crippen molar-refractivity contribution in [2.45, 2.75) is 25.4 Å². The smallest absolute Gasteiger partial charge is 0.124 e. The highest BCUT2D eigenvalue weighted by Crippen LogP contribution is 2.31. The standard InChI is InChI=1S/C12H17NO2/c1-9(6-7-14)13-11-8-15-12-5-3-2-4-10(11)12/h2-5,9,11,13-14H,6-8H2,1H3. The summed E-state index contributed by atoms with van der Waals surface area (Å²) >= 11 is 0. The van der Waals surface area contributed by atoms with Gasteiger partial charge in [0.25, 0.3) is 0 Å². The minimum Gasteiger partial charge on any atom is -0.491 e. The van der Waals surface area contributed by atoms with Crippen LogP contribution in [0.1, 0.15) is 24.9 Å². The lowest BCUT2D eigenvalue weighted by Crippen LogP contribution is -2.32. The van der Waals surface area contributed by atoms with Crippen LogP contribution in [-0.4, -0.2) is 24.4 Å². The summed E-state index contributed by atoms with van der Waals surface area (Å²) < 4.78 is 5.57. The number of fused-ring (bicyclic) bond motifs is 1. The summed E-state index contributed by atoms with van der Waals surface area (Å²) in [6.45, 7) is 3.00. The van der Waals surface area contributed by atoms with Crippen LogP contribution < -0.4 is 10.1 Å². The Bertz CT molecular complexity index is 327. The Kier molecular flexibility index (Phi) is 3.23. The Morgan fingerprint density at radius 1 is 1.53 bits per heavy atom. The fourth-order valence-electron chi connectivity index (χ4n) is 1.92. The minimum absolute atomic E-state index is 0.226. The van der Waals surface area contributed by atoms with Crippen LogP contribution in [0.15, 0.2) is 24.3 Å². The molecule has 1 aliphatic heterocycles. The topological polar surface area (TPSA) is 41.5 Å². The number of nitrogens with one attached hydrogen (secondary N) is 1. The van der Waals surface area contributed by atoms with E-state index in [1.165, 1.54) is 5.56 Å². The number of aliphatic hydroxyl groups excluding tert-OH is 1. The summed E-state index contributed by atoms with van der Waals surface area (Å²) in [6.07, 6.45) is 0.776. The maximum absolute atomic E-state index is 8.83. The normalized spacial score (nSPS) is 20.8. The highest BCUT2D eigenvalue weighted by atomic mass is 16.5. The number of rotatable bonds is 4. The van der Waals surface area contributed by atoms with Gasteiger partial charge < -0.3 is 15.2 Å². The first-order valence-electron chi connectivity index (χ1n) is 5.40. The van der Waals surface area contributed by atoms with Crippen molar-refractivity contribution in [2.24, 2.45) is 0 Å². The summed E-state index contributed by atoms with van der Waals surface area (Å²) in [5.41, 5.74) is 1.22. The molecular weight excluding hydrogens is 190 g/mol. The Hall–Kier alpha value is -1.06. The zero-order valence-corrected chi connectivity index (χ0v) is 8.94. The molecule has 0 fully saturated rings. The van der Waals surface area contributed by atoms with Crippen LogP contribution in [0, 0.1) is 0 Å². The second-order valence-electron chi connectivity index (χ2n) is 3.98. The number of para-hydroxylation sites is 1. The molecule has 2 unspecified atom stereocenters. The van der Waals surface area contributed by atoms with Gasteiger partial charge in [-0.2, -0.15) is 0 Å². The molecule has 2 rings (SSSR count). The lowest BCUT2D eigenvalue weighted by molar-refractivity contribution is 0.251. The maximum Gasteiger partial charge on any atom is 0.124 e. The van der Waals surface area contributed by atoms with E-state index in [2.05, 4.69) is 18.3 Å². The van der Waals surface area contributed by atoms with E-state index in [1.807, 2.05) is 18.2 Å². The van der Waals surface area contributed by atoms with Crippen molar-refractivity contribution < 1.29 is 9.84 Å². The third kappa shape index (κ3) is 2.30. The lowest BCUT2D eigenvalue weighted by Gasteiger charge is -2.17. The monoisotopic (exact) mass is 207 g/mol. The van der Waals surface area contributed by atoms with Gasteiger partial charge >= 0.3 is 0 Å². The zero-order valence-electron chi connectivity index (χ0n) is 8.94. The molecule has 0 saturated carbocycles. The predicted molar refractivity (Wildman–Crippen MR) is 59.0 cm³/mol. The predicted octanol–water partition coefficient (Wildman–Crippen LogP) is 1.48. The molecule has 0 saturated heterocycles. The van der Waals surface area contributed by atoms with Crippen LogP contribution in [0.4, 0.5) is 0 Å². The van der Waals surface area contributed by atoms with E-state index in [0.717, 1.165) is 12.2 Å². The van der Waals surface area contributed by atoms with Gasteiger partial charge in [0, 0.05) is 18.2 Å². The van der Waals surface area contributed by atoms with Crippen molar-refractivity contribution in [2.75, 3.05) is 13.2 Å². The van der Waals surface area contributed by atoms with Crippen LogP contribution in [0.3, 0.4) is 0 Å². The van der Waals surface area contributed by atoms with Crippen molar-refractivity contribution in [3.8, 4) is 5.75 Å². The van der Waals surface area contributed by atoms with E-state index >= 15 is 0 Å². The van der Waals surface area contributed by atoms with Crippen molar-refractivity contribution >= 4 is 0 Å². The zero-order chi connectivity index (χ0) is 10.7. The first-order valence-corrected chi connectivity index (χ1v) is 5.40. The van der Waals surface area contributed by atoms with Gasteiger partial charge in [0.1, 0.15) is 12.4 Å². The van der Waals surface area contributed by atoms with Gasteiger partial charge in [0.2, 0.25) is 0 Å². The summed E-state index contributed by atoms with van der Waals surface area (Å²) in [4.78, 5) is 0. The average Bonchev–Trinajstić information content (AvgIpc) is 2.62. The molecule has 1 aromatic rings. The van der Waals surface area contributed by atoms with Gasteiger partial charge in [-0.15, -0.1) is 0 Å². The van der Waals surface area contributed by atoms with Gasteiger partial charge in [0.05, 0.1) is 6.04 Å². The van der Waals surface area contributed by atoms with E-state index in [9.17, 15) is 0 Å². The fraction of sp³-hybridized carbons (Fsp3) is 0.500. The van der Waals surface area contributed by atoms with Crippen LogP contribution in [0.2, 0.25) is 0 Å². The van der Waals surface area contributed by atoms with E-state index in [1.54, 1.807) is 0 Å². The molecule has 2 atom stereocenters. The van der Waals surface area contributed by atoms with Gasteiger partial charge in [-0.3, -0.25) is 0 Å². The number of benzene rings is 1. The maximum atomic E-state index is 8.83. The molecule has 0 radical (unpaired) electrons. The van der Waals surface area contributed by atoms with Gasteiger partial charge in [-0.25, -0.2) is 0 Å². The molecule has 0 aliphatic carbocycles. The molecule has 0 aromatic heterocycles. The van der Waals surface area contributed by atoms with E-state index in [4.69, 9.17) is 9.84 Å². The Balaban J connectivity index is 2.01. The summed E-state index contributed by atoms with van der Waals surface area (Å²) in [7, 11) is 0. The Morgan fingerprint density at radius 3 is 3.13 bits per heavy atom. The molecule has 15 heavy (non-hydrogen) atoms. The van der Waals surface area contributed by atoms with E-state index in [-0.39, 0.29) is 12.6 Å². The molecule has 3 nitrogen and oxygen atoms in total. The van der Waals surface area contributed by atoms with Crippen molar-refractivity contribution in [3.05, 3.63) is 29.8 Å². The second kappa shape index (κ2) is 4.64. The van der Waals surface area contributed by atoms with Crippen LogP contribution >= 0.6 is 0 Å². The molecule has 1 aliphatic rings. The van der Waals surface area contributed by atoms with Gasteiger partial charge in [0.15, 0.2) is 0 Å². The first-order chi connectivity index (χ1) is 7.31. The number of ether oxygens (including phenoxy) is 1. The van der Waals surface area contributed by atoms with Gasteiger partial charge in [-0.1, -0.05) is 18.2 Å². The van der Waals surface area contributed by atoms with Crippen molar-refractivity contribution in [3.63, 3.8) is 0 Å². The lowest BCUT2D eigenvalue weighted by atomic mass is 10.1. The second-order valence-corrected chi connectivity index (χ2v) is 3.98. The molecule has 0 amide bonds. The molecule has 3 heteroatoms. The van der Waals surface area contributed by atoms with Crippen LogP contribution in [0.5, 0.6) is 5.75 Å². The SMILES string of the molecule is CC(CCO)NC1COc2ccccc21. The molecule has 0 spiro atoms. The summed E-state index contributed by atoms with van der Waals surface area (Å²) in [6, 6.07) is 8.67. The van der Waals surface area contributed by atoms with E-state index < -0.39 is 0 Å². The molecule has 2 N–H and O–H groups in total. The number of aliphatic hydroxyl groups is 1. The van der Waals surface area contributed by atoms with Crippen molar-refractivity contribution in [1.29, 1.82) is 0 Å². The number of hydrogen-bond acceptors (Lipinski definition) is 3. The summed E-state index contributed by atoms with van der Waals surface area (Å²) in [5, 5.41) is 12.3. The van der Waals surface area contributed by atoms with E-state index in [0.29, 0.717) is 12.6 Å². The molecule has 0 bridgehead atoms. The van der Waals surface area contributed by atoms with Crippen molar-refractivity contribution in [1.82, 2.24) is 5.32 Å². The third-order valence-electron chi connectivity index (χ3n) is 2.75. The van der Waals surface area contributed by atoms with Crippen LogP contribution in [-0.2, 0) is 0 Å². The Labute approximate surface area is 90.1 Å². The van der Waals surface area contributed by atoms with Gasteiger partial charge in [-0.05, 0) is 19.4 Å². The average molecular weight is 207 g/mol. The molecular formula is C12H17NO2. The Morgan fingerprint density at radius 2 is 2.33 bits per heavy atom. The molecule has 1 aromatic carbocycles. The largest absolute Gasteiger partial charge is 0.491 e. The quantitative estimate of drug-likeness (QED) is 0.785. The number of hydrogen-bond donors (Lipinski definition) is 2. The molecule has 1 heterocycles.